The van der Waals surface area contributed by atoms with Crippen LogP contribution in [0.5, 0.6) is 0 Å². The Kier molecular flexibility index (Phi) is 580. The molecule has 50 valence electrons. The van der Waals surface area contributed by atoms with Crippen LogP contribution in [0.3, 0.4) is 0 Å². The van der Waals surface area contributed by atoms with Crippen molar-refractivity contribution in [3.8, 4) is 0 Å². The first-order chi connectivity index (χ1) is 3.00. The molecule has 7 heavy (non-hydrogen) atoms. The molecule has 0 aromatic heterocycles. The third-order valence-electron chi connectivity index (χ3n) is 0. The Labute approximate surface area is 67.6 Å². The van der Waals surface area contributed by atoms with Crippen molar-refractivity contribution in [2.45, 2.75) is 0 Å². The first-order valence-electron chi connectivity index (χ1n) is 0.507. The molecule has 0 saturated carbocycles. The van der Waals surface area contributed by atoms with E-state index in [0.29, 0.717) is 0 Å². The van der Waals surface area contributed by atoms with Gasteiger partial charge in [0.1, 0.15) is 0 Å². The summed E-state index contributed by atoms with van der Waals surface area (Å²) in [6, 6.07) is 0. The number of hydrogen-bond donors (Lipinski definition) is 3. The standard InChI is InChI=1S/AsH3.3ClHO/c;3*1-2/h1H3;3*2H. The summed E-state index contributed by atoms with van der Waals surface area (Å²) >= 11 is 10.9. The second-order valence-corrected chi connectivity index (χ2v) is 0. The van der Waals surface area contributed by atoms with Gasteiger partial charge in [-0.15, -0.1) is 0 Å². The summed E-state index contributed by atoms with van der Waals surface area (Å²) in [5.41, 5.74) is 0. The molecule has 1 unspecified atom stereocenters. The van der Waals surface area contributed by atoms with E-state index in [1.54, 1.807) is 0 Å². The van der Waals surface area contributed by atoms with E-state index in [2.05, 4.69) is 35.6 Å². The van der Waals surface area contributed by atoms with Crippen molar-refractivity contribution < 1.29 is 14.0 Å². The predicted molar refractivity (Wildman–Crippen MR) is 34.2 cm³/mol. The van der Waals surface area contributed by atoms with Gasteiger partial charge in [-0.3, -0.25) is 14.0 Å². The molecule has 0 fully saturated rings. The van der Waals surface area contributed by atoms with Crippen LogP contribution in [-0.2, 0) is 0 Å². The van der Waals surface area contributed by atoms with E-state index >= 15 is 0 Å². The van der Waals surface area contributed by atoms with Crippen molar-refractivity contribution in [3.05, 3.63) is 0 Å². The molecule has 3 nitrogen and oxygen atoms in total. The Morgan fingerprint density at radius 3 is 0.571 bits per heavy atom. The molecular formula is H6AsCl3O3. The number of hydrogen-bond acceptors (Lipinski definition) is 3. The Morgan fingerprint density at radius 1 is 0.571 bits per heavy atom. The van der Waals surface area contributed by atoms with E-state index in [1.807, 2.05) is 0 Å². The zero-order chi connectivity index (χ0) is 6.00. The average molecular weight is 235 g/mol. The fraction of sp³-hybridized carbons (Fsp3) is 0. The Balaban J connectivity index is -0.00000000900. The van der Waals surface area contributed by atoms with Crippen LogP contribution < -0.4 is 0 Å². The molecular weight excluding hydrogens is 229 g/mol. The summed E-state index contributed by atoms with van der Waals surface area (Å²) in [6.07, 6.45) is 0. The van der Waals surface area contributed by atoms with Gasteiger partial charge in [0.15, 0.2) is 0 Å². The van der Waals surface area contributed by atoms with E-state index < -0.39 is 0 Å². The minimum atomic E-state index is 0. The van der Waals surface area contributed by atoms with Gasteiger partial charge in [-0.25, -0.2) is 0 Å². The Morgan fingerprint density at radius 2 is 0.571 bits per heavy atom. The SMILES string of the molecule is OCl.OCl.OCl.[AsH3]. The van der Waals surface area contributed by atoms with E-state index in [0.717, 1.165) is 0 Å². The zero-order valence-electron chi connectivity index (χ0n) is 3.18. The second-order valence-electron chi connectivity index (χ2n) is 0. The molecule has 0 aliphatic rings. The first-order valence-corrected chi connectivity index (χ1v) is 1.52. The summed E-state index contributed by atoms with van der Waals surface area (Å²) in [5, 5.41) is 0. The van der Waals surface area contributed by atoms with Crippen LogP contribution in [-0.4, -0.2) is 31.9 Å². The molecule has 0 radical (unpaired) electrons. The van der Waals surface area contributed by atoms with Crippen LogP contribution in [0, 0.1) is 0 Å². The van der Waals surface area contributed by atoms with Crippen molar-refractivity contribution in [1.29, 1.82) is 0 Å². The quantitative estimate of drug-likeness (QED) is 0.482. The van der Waals surface area contributed by atoms with Gasteiger partial charge in [0, 0.05) is 0 Å². The average Bonchev–Trinajstić information content (AvgIpc) is 1.81. The van der Waals surface area contributed by atoms with Crippen LogP contribution in [0.4, 0.5) is 0 Å². The van der Waals surface area contributed by atoms with Gasteiger partial charge in [0.2, 0.25) is 0 Å². The fourth-order valence-electron chi connectivity index (χ4n) is 0. The van der Waals surface area contributed by atoms with Crippen LogP contribution >= 0.6 is 35.6 Å². The molecule has 0 spiro atoms. The van der Waals surface area contributed by atoms with Gasteiger partial charge >= 0.3 is 18.0 Å². The van der Waals surface area contributed by atoms with Crippen LogP contribution in [0.2, 0.25) is 0 Å². The maximum absolute atomic E-state index is 6.47. The van der Waals surface area contributed by atoms with Gasteiger partial charge < -0.3 is 0 Å². The molecule has 0 saturated heterocycles. The number of rotatable bonds is 0. The molecule has 0 rings (SSSR count). The van der Waals surface area contributed by atoms with Crippen LogP contribution in [0.1, 0.15) is 0 Å². The van der Waals surface area contributed by atoms with Crippen molar-refractivity contribution in [3.63, 3.8) is 0 Å². The van der Waals surface area contributed by atoms with Crippen molar-refractivity contribution in [2.24, 2.45) is 0 Å². The Hall–Kier alpha value is 1.31. The monoisotopic (exact) mass is 234 g/mol. The maximum atomic E-state index is 6.47. The summed E-state index contributed by atoms with van der Waals surface area (Å²) in [4.78, 5) is 0. The third kappa shape index (κ3) is 120. The van der Waals surface area contributed by atoms with E-state index in [1.165, 1.54) is 0 Å². The minimum absolute atomic E-state index is 0. The van der Waals surface area contributed by atoms with Crippen LogP contribution in [0.25, 0.3) is 0 Å². The molecule has 0 heterocycles. The van der Waals surface area contributed by atoms with Gasteiger partial charge in [-0.2, -0.15) is 0 Å². The molecule has 7 heteroatoms. The first kappa shape index (κ1) is 23.9. The summed E-state index contributed by atoms with van der Waals surface area (Å²) in [5.74, 6) is 0. The van der Waals surface area contributed by atoms with E-state index in [-0.39, 0.29) is 18.0 Å². The van der Waals surface area contributed by atoms with E-state index in [4.69, 9.17) is 14.0 Å². The molecule has 0 aliphatic heterocycles. The molecule has 0 amide bonds. The third-order valence-corrected chi connectivity index (χ3v) is 0. The molecule has 3 N–H and O–H groups in total. The fourth-order valence-corrected chi connectivity index (χ4v) is 0. The van der Waals surface area contributed by atoms with Gasteiger partial charge in [-0.05, 0) is 0 Å². The topological polar surface area (TPSA) is 60.7 Å². The van der Waals surface area contributed by atoms with Gasteiger partial charge in [0.25, 0.3) is 0 Å². The van der Waals surface area contributed by atoms with Crippen molar-refractivity contribution >= 4 is 53.6 Å². The van der Waals surface area contributed by atoms with Crippen LogP contribution in [0.15, 0.2) is 0 Å². The number of halogens is 3. The molecule has 0 bridgehead atoms. The normalized spacial score (nSPS) is 2.57. The summed E-state index contributed by atoms with van der Waals surface area (Å²) < 4.78 is 19.4. The summed E-state index contributed by atoms with van der Waals surface area (Å²) in [6.45, 7) is 0. The second kappa shape index (κ2) is 170. The molecule has 0 aromatic carbocycles. The predicted octanol–water partition coefficient (Wildman–Crippen LogP) is -0.786. The molecule has 1 atom stereocenters. The molecule has 0 aliphatic carbocycles. The van der Waals surface area contributed by atoms with Crippen molar-refractivity contribution in [2.75, 3.05) is 0 Å². The van der Waals surface area contributed by atoms with Gasteiger partial charge in [0.05, 0.1) is 35.6 Å². The van der Waals surface area contributed by atoms with Crippen molar-refractivity contribution in [1.82, 2.24) is 0 Å². The summed E-state index contributed by atoms with van der Waals surface area (Å²) in [7, 11) is 0. The van der Waals surface area contributed by atoms with Gasteiger partial charge in [-0.1, -0.05) is 0 Å². The zero-order valence-corrected chi connectivity index (χ0v) is 8.42. The Bertz CT molecular complexity index is 10.1. The molecule has 0 aromatic rings. The van der Waals surface area contributed by atoms with E-state index in [9.17, 15) is 0 Å².